The van der Waals surface area contributed by atoms with Crippen LogP contribution in [0, 0.1) is 5.92 Å². The molecule has 72 valence electrons. The molecule has 0 unspecified atom stereocenters. The van der Waals surface area contributed by atoms with Gasteiger partial charge in [-0.1, -0.05) is 13.8 Å². The van der Waals surface area contributed by atoms with Crippen molar-refractivity contribution in [3.63, 3.8) is 0 Å². The second kappa shape index (κ2) is 3.18. The maximum Gasteiger partial charge on any atom is 0.0385 e. The maximum atomic E-state index is 3.34. The summed E-state index contributed by atoms with van der Waals surface area (Å²) in [7, 11) is 2.22. The highest BCUT2D eigenvalue weighted by atomic mass is 15.1. The Bertz CT molecular complexity index is 288. The van der Waals surface area contributed by atoms with Crippen LogP contribution < -0.4 is 0 Å². The topological polar surface area (TPSA) is 19.0 Å². The van der Waals surface area contributed by atoms with Gasteiger partial charge in [0.1, 0.15) is 0 Å². The lowest BCUT2D eigenvalue weighted by Crippen LogP contribution is -2.34. The van der Waals surface area contributed by atoms with Crippen molar-refractivity contribution in [3.8, 4) is 0 Å². The summed E-state index contributed by atoms with van der Waals surface area (Å²) < 4.78 is 0. The molecule has 0 aliphatic carbocycles. The number of likely N-dealkylation sites (N-methyl/N-ethyl adjacent to an activating group) is 1. The fourth-order valence-corrected chi connectivity index (χ4v) is 2.44. The lowest BCUT2D eigenvalue weighted by molar-refractivity contribution is 0.181. The second-order valence-electron chi connectivity index (χ2n) is 4.33. The van der Waals surface area contributed by atoms with Crippen molar-refractivity contribution < 1.29 is 0 Å². The molecule has 0 spiro atoms. The first-order chi connectivity index (χ1) is 6.20. The Morgan fingerprint density at radius 3 is 3.00 bits per heavy atom. The monoisotopic (exact) mass is 178 g/mol. The molecular weight excluding hydrogens is 160 g/mol. The molecule has 1 aliphatic rings. The first-order valence-electron chi connectivity index (χ1n) is 5.06. The van der Waals surface area contributed by atoms with Gasteiger partial charge in [-0.3, -0.25) is 4.90 Å². The van der Waals surface area contributed by atoms with E-state index in [1.165, 1.54) is 24.2 Å². The van der Waals surface area contributed by atoms with Crippen LogP contribution in [0.25, 0.3) is 0 Å². The van der Waals surface area contributed by atoms with Gasteiger partial charge in [0.15, 0.2) is 0 Å². The second-order valence-corrected chi connectivity index (χ2v) is 4.33. The molecule has 1 N–H and O–H groups in total. The van der Waals surface area contributed by atoms with E-state index in [1.54, 1.807) is 0 Å². The molecule has 1 atom stereocenters. The van der Waals surface area contributed by atoms with Gasteiger partial charge in [-0.15, -0.1) is 0 Å². The summed E-state index contributed by atoms with van der Waals surface area (Å²) in [4.78, 5) is 5.80. The van der Waals surface area contributed by atoms with E-state index in [9.17, 15) is 0 Å². The largest absolute Gasteiger partial charge is 0.365 e. The maximum absolute atomic E-state index is 3.34. The van der Waals surface area contributed by atoms with E-state index >= 15 is 0 Å². The Hall–Kier alpha value is -0.760. The van der Waals surface area contributed by atoms with Crippen molar-refractivity contribution in [2.45, 2.75) is 26.3 Å². The number of nitrogens with zero attached hydrogens (tertiary/aromatic N) is 1. The van der Waals surface area contributed by atoms with Gasteiger partial charge in [0.25, 0.3) is 0 Å². The molecule has 13 heavy (non-hydrogen) atoms. The molecule has 2 heteroatoms. The van der Waals surface area contributed by atoms with Gasteiger partial charge in [0.05, 0.1) is 0 Å². The lowest BCUT2D eigenvalue weighted by Gasteiger charge is -2.35. The van der Waals surface area contributed by atoms with Crippen LogP contribution in [0.4, 0.5) is 0 Å². The highest BCUT2D eigenvalue weighted by Crippen LogP contribution is 2.33. The zero-order valence-corrected chi connectivity index (χ0v) is 8.67. The molecule has 0 saturated heterocycles. The minimum atomic E-state index is 0.606. The van der Waals surface area contributed by atoms with Crippen molar-refractivity contribution in [1.29, 1.82) is 0 Å². The van der Waals surface area contributed by atoms with Gasteiger partial charge < -0.3 is 4.98 Å². The van der Waals surface area contributed by atoms with E-state index in [2.05, 4.69) is 43.0 Å². The van der Waals surface area contributed by atoms with Gasteiger partial charge in [-0.05, 0) is 24.6 Å². The summed E-state index contributed by atoms with van der Waals surface area (Å²) in [6, 6.07) is 2.84. The summed E-state index contributed by atoms with van der Waals surface area (Å²) in [5.74, 6) is 0.694. The Balaban J connectivity index is 2.36. The van der Waals surface area contributed by atoms with Crippen LogP contribution in [0.3, 0.4) is 0 Å². The van der Waals surface area contributed by atoms with E-state index in [-0.39, 0.29) is 0 Å². The number of H-pyrrole nitrogens is 1. The first-order valence-corrected chi connectivity index (χ1v) is 5.06. The molecule has 2 rings (SSSR count). The molecule has 1 aliphatic heterocycles. The minimum absolute atomic E-state index is 0.606. The number of aromatic nitrogens is 1. The molecule has 2 nitrogen and oxygen atoms in total. The van der Waals surface area contributed by atoms with E-state index in [4.69, 9.17) is 0 Å². The molecule has 2 heterocycles. The van der Waals surface area contributed by atoms with Crippen molar-refractivity contribution >= 4 is 0 Å². The average molecular weight is 178 g/mol. The normalized spacial score (nSPS) is 23.5. The van der Waals surface area contributed by atoms with Crippen LogP contribution >= 0.6 is 0 Å². The van der Waals surface area contributed by atoms with Crippen LogP contribution in [0.2, 0.25) is 0 Å². The number of hydrogen-bond acceptors (Lipinski definition) is 1. The number of hydrogen-bond donors (Lipinski definition) is 1. The fourth-order valence-electron chi connectivity index (χ4n) is 2.44. The Morgan fingerprint density at radius 2 is 2.31 bits per heavy atom. The molecule has 0 amide bonds. The lowest BCUT2D eigenvalue weighted by atomic mass is 9.91. The third-order valence-corrected chi connectivity index (χ3v) is 3.01. The standard InChI is InChI=1S/C11H18N2/c1-8(2)11-9-4-6-12-10(9)5-7-13(11)3/h4,6,8,11-12H,5,7H2,1-3H3/t11-/m0/s1. The molecule has 0 radical (unpaired) electrons. The van der Waals surface area contributed by atoms with Gasteiger partial charge in [-0.25, -0.2) is 0 Å². The average Bonchev–Trinajstić information content (AvgIpc) is 2.50. The summed E-state index contributed by atoms with van der Waals surface area (Å²) in [6.07, 6.45) is 3.24. The summed E-state index contributed by atoms with van der Waals surface area (Å²) in [5.41, 5.74) is 2.94. The van der Waals surface area contributed by atoms with Crippen LogP contribution in [0.15, 0.2) is 12.3 Å². The Labute approximate surface area is 79.9 Å². The number of aromatic amines is 1. The smallest absolute Gasteiger partial charge is 0.0385 e. The predicted octanol–water partition coefficient (Wildman–Crippen LogP) is 2.20. The minimum Gasteiger partial charge on any atom is -0.365 e. The SMILES string of the molecule is CC(C)[C@H]1c2cc[nH]c2CCN1C. The highest BCUT2D eigenvalue weighted by Gasteiger charge is 2.27. The Kier molecular flexibility index (Phi) is 2.16. The van der Waals surface area contributed by atoms with Crippen molar-refractivity contribution in [2.24, 2.45) is 5.92 Å². The molecule has 1 aromatic heterocycles. The van der Waals surface area contributed by atoms with Crippen molar-refractivity contribution in [3.05, 3.63) is 23.5 Å². The van der Waals surface area contributed by atoms with Gasteiger partial charge in [0, 0.05) is 30.9 Å². The predicted molar refractivity (Wildman–Crippen MR) is 54.7 cm³/mol. The van der Waals surface area contributed by atoms with Crippen molar-refractivity contribution in [1.82, 2.24) is 9.88 Å². The zero-order valence-electron chi connectivity index (χ0n) is 8.67. The number of rotatable bonds is 1. The van der Waals surface area contributed by atoms with Crippen molar-refractivity contribution in [2.75, 3.05) is 13.6 Å². The van der Waals surface area contributed by atoms with Crippen LogP contribution in [-0.4, -0.2) is 23.5 Å². The van der Waals surface area contributed by atoms with Crippen LogP contribution in [0.1, 0.15) is 31.1 Å². The summed E-state index contributed by atoms with van der Waals surface area (Å²) in [5, 5.41) is 0. The summed E-state index contributed by atoms with van der Waals surface area (Å²) in [6.45, 7) is 5.77. The fraction of sp³-hybridized carbons (Fsp3) is 0.636. The zero-order chi connectivity index (χ0) is 9.42. The molecule has 0 fully saturated rings. The molecule has 0 saturated carbocycles. The van der Waals surface area contributed by atoms with E-state index in [1.807, 2.05) is 0 Å². The molecular formula is C11H18N2. The number of nitrogens with one attached hydrogen (secondary N) is 1. The van der Waals surface area contributed by atoms with Crippen LogP contribution in [-0.2, 0) is 6.42 Å². The quantitative estimate of drug-likeness (QED) is 0.698. The third-order valence-electron chi connectivity index (χ3n) is 3.01. The Morgan fingerprint density at radius 1 is 1.54 bits per heavy atom. The molecule has 0 bridgehead atoms. The highest BCUT2D eigenvalue weighted by molar-refractivity contribution is 5.27. The van der Waals surface area contributed by atoms with Crippen LogP contribution in [0.5, 0.6) is 0 Å². The number of fused-ring (bicyclic) bond motifs is 1. The molecule has 1 aromatic rings. The van der Waals surface area contributed by atoms with E-state index in [0.29, 0.717) is 12.0 Å². The molecule has 0 aromatic carbocycles. The van der Waals surface area contributed by atoms with E-state index in [0.717, 1.165) is 0 Å². The first kappa shape index (κ1) is 8.82. The third kappa shape index (κ3) is 1.39. The van der Waals surface area contributed by atoms with Gasteiger partial charge >= 0.3 is 0 Å². The summed E-state index contributed by atoms with van der Waals surface area (Å²) >= 11 is 0. The van der Waals surface area contributed by atoms with Gasteiger partial charge in [0.2, 0.25) is 0 Å². The van der Waals surface area contributed by atoms with E-state index < -0.39 is 0 Å². The van der Waals surface area contributed by atoms with Gasteiger partial charge in [-0.2, -0.15) is 0 Å².